The fourth-order valence-corrected chi connectivity index (χ4v) is 2.24. The van der Waals surface area contributed by atoms with E-state index >= 15 is 0 Å². The summed E-state index contributed by atoms with van der Waals surface area (Å²) in [6.07, 6.45) is 3.44. The number of fused-ring (bicyclic) bond motifs is 1. The smallest absolute Gasteiger partial charge is 0.107 e. The van der Waals surface area contributed by atoms with Crippen LogP contribution in [0, 0.1) is 0 Å². The number of aromatic amines is 1. The van der Waals surface area contributed by atoms with Gasteiger partial charge in [0, 0.05) is 19.4 Å². The highest BCUT2D eigenvalue weighted by Crippen LogP contribution is 2.15. The van der Waals surface area contributed by atoms with E-state index in [-0.39, 0.29) is 0 Å². The Kier molecular flexibility index (Phi) is 3.33. The van der Waals surface area contributed by atoms with Crippen LogP contribution in [0.4, 0.5) is 0 Å². The third kappa shape index (κ3) is 2.69. The maximum atomic E-state index is 5.33. The van der Waals surface area contributed by atoms with Crippen molar-refractivity contribution >= 4 is 11.0 Å². The summed E-state index contributed by atoms with van der Waals surface area (Å²) in [5, 5.41) is 3.15. The Morgan fingerprint density at radius 3 is 3.00 bits per heavy atom. The Morgan fingerprint density at radius 2 is 2.21 bits per heavy atom. The summed E-state index contributed by atoms with van der Waals surface area (Å²) in [7, 11) is 1.95. The van der Waals surface area contributed by atoms with Crippen LogP contribution in [-0.4, -0.2) is 17.0 Å². The largest absolute Gasteiger partial charge is 0.469 e. The molecule has 0 saturated heterocycles. The summed E-state index contributed by atoms with van der Waals surface area (Å²) in [5.41, 5.74) is 3.38. The molecule has 98 valence electrons. The molecule has 2 N–H and O–H groups in total. The summed E-state index contributed by atoms with van der Waals surface area (Å²) in [6, 6.07) is 10.2. The molecule has 3 rings (SSSR count). The number of benzene rings is 1. The third-order valence-corrected chi connectivity index (χ3v) is 3.16. The lowest BCUT2D eigenvalue weighted by atomic mass is 10.2. The van der Waals surface area contributed by atoms with Gasteiger partial charge in [-0.1, -0.05) is 6.07 Å². The van der Waals surface area contributed by atoms with Crippen LogP contribution in [0.15, 0.2) is 41.0 Å². The van der Waals surface area contributed by atoms with Gasteiger partial charge in [-0.25, -0.2) is 4.98 Å². The van der Waals surface area contributed by atoms with Gasteiger partial charge >= 0.3 is 0 Å². The van der Waals surface area contributed by atoms with Crippen LogP contribution in [0.3, 0.4) is 0 Å². The van der Waals surface area contributed by atoms with Crippen LogP contribution >= 0.6 is 0 Å². The average Bonchev–Trinajstić information content (AvgIpc) is 3.05. The van der Waals surface area contributed by atoms with Crippen molar-refractivity contribution < 1.29 is 4.42 Å². The normalized spacial score (nSPS) is 11.2. The Balaban J connectivity index is 1.77. The van der Waals surface area contributed by atoms with Crippen molar-refractivity contribution in [2.45, 2.75) is 19.4 Å². The third-order valence-electron chi connectivity index (χ3n) is 3.16. The maximum absolute atomic E-state index is 5.33. The topological polar surface area (TPSA) is 53.9 Å². The van der Waals surface area contributed by atoms with E-state index in [0.717, 1.165) is 42.0 Å². The molecule has 0 saturated carbocycles. The molecule has 0 aliphatic rings. The predicted molar refractivity (Wildman–Crippen MR) is 75.0 cm³/mol. The van der Waals surface area contributed by atoms with E-state index in [0.29, 0.717) is 0 Å². The van der Waals surface area contributed by atoms with Gasteiger partial charge in [-0.2, -0.15) is 0 Å². The van der Waals surface area contributed by atoms with Gasteiger partial charge < -0.3 is 14.7 Å². The van der Waals surface area contributed by atoms with Crippen LogP contribution in [0.5, 0.6) is 0 Å². The van der Waals surface area contributed by atoms with Gasteiger partial charge in [0.25, 0.3) is 0 Å². The lowest BCUT2D eigenvalue weighted by molar-refractivity contribution is 0.507. The molecule has 0 fully saturated rings. The maximum Gasteiger partial charge on any atom is 0.107 e. The van der Waals surface area contributed by atoms with Crippen LogP contribution in [-0.2, 0) is 19.4 Å². The minimum absolute atomic E-state index is 0.865. The number of H-pyrrole nitrogens is 1. The van der Waals surface area contributed by atoms with Gasteiger partial charge in [-0.3, -0.25) is 0 Å². The standard InChI is InChI=1S/C15H17N3O/c1-16-10-11-4-6-13-14(9-11)18-15(17-13)7-5-12-3-2-8-19-12/h2-4,6,8-9,16H,5,7,10H2,1H3,(H,17,18). The minimum atomic E-state index is 0.865. The first-order valence-corrected chi connectivity index (χ1v) is 6.49. The van der Waals surface area contributed by atoms with Crippen molar-refractivity contribution in [2.75, 3.05) is 7.05 Å². The average molecular weight is 255 g/mol. The molecule has 0 spiro atoms. The molecule has 3 aromatic rings. The van der Waals surface area contributed by atoms with Gasteiger partial charge in [0.05, 0.1) is 17.3 Å². The zero-order valence-corrected chi connectivity index (χ0v) is 10.9. The van der Waals surface area contributed by atoms with Gasteiger partial charge in [0.15, 0.2) is 0 Å². The lowest BCUT2D eigenvalue weighted by Crippen LogP contribution is -2.04. The zero-order chi connectivity index (χ0) is 13.1. The quantitative estimate of drug-likeness (QED) is 0.737. The van der Waals surface area contributed by atoms with E-state index < -0.39 is 0 Å². The summed E-state index contributed by atoms with van der Waals surface area (Å²) in [6.45, 7) is 0.872. The van der Waals surface area contributed by atoms with Crippen molar-refractivity contribution in [3.8, 4) is 0 Å². The number of hydrogen-bond donors (Lipinski definition) is 2. The number of furan rings is 1. The highest BCUT2D eigenvalue weighted by atomic mass is 16.3. The van der Waals surface area contributed by atoms with E-state index in [2.05, 4.69) is 33.5 Å². The number of rotatable bonds is 5. The first kappa shape index (κ1) is 12.0. The van der Waals surface area contributed by atoms with Crippen molar-refractivity contribution in [3.63, 3.8) is 0 Å². The van der Waals surface area contributed by atoms with E-state index in [1.54, 1.807) is 6.26 Å². The molecule has 0 amide bonds. The molecule has 2 aromatic heterocycles. The fourth-order valence-electron chi connectivity index (χ4n) is 2.24. The monoisotopic (exact) mass is 255 g/mol. The molecule has 0 unspecified atom stereocenters. The first-order valence-electron chi connectivity index (χ1n) is 6.49. The number of aryl methyl sites for hydroxylation is 2. The summed E-state index contributed by atoms with van der Waals surface area (Å²) in [5.74, 6) is 2.00. The van der Waals surface area contributed by atoms with Crippen molar-refractivity contribution in [1.82, 2.24) is 15.3 Å². The van der Waals surface area contributed by atoms with Gasteiger partial charge in [0.2, 0.25) is 0 Å². The molecule has 1 aromatic carbocycles. The summed E-state index contributed by atoms with van der Waals surface area (Å²) >= 11 is 0. The number of imidazole rings is 1. The number of nitrogens with zero attached hydrogens (tertiary/aromatic N) is 1. The van der Waals surface area contributed by atoms with Crippen molar-refractivity contribution in [3.05, 3.63) is 53.7 Å². The first-order chi connectivity index (χ1) is 9.35. The van der Waals surface area contributed by atoms with Crippen LogP contribution < -0.4 is 5.32 Å². The van der Waals surface area contributed by atoms with Crippen molar-refractivity contribution in [1.29, 1.82) is 0 Å². The van der Waals surface area contributed by atoms with Crippen LogP contribution in [0.1, 0.15) is 17.1 Å². The molecule has 0 aliphatic carbocycles. The molecule has 0 atom stereocenters. The van der Waals surface area contributed by atoms with Crippen LogP contribution in [0.2, 0.25) is 0 Å². The lowest BCUT2D eigenvalue weighted by Gasteiger charge is -1.98. The van der Waals surface area contributed by atoms with Crippen molar-refractivity contribution in [2.24, 2.45) is 0 Å². The number of hydrogen-bond acceptors (Lipinski definition) is 3. The minimum Gasteiger partial charge on any atom is -0.469 e. The SMILES string of the molecule is CNCc1ccc2nc(CCc3ccco3)[nH]c2c1. The highest BCUT2D eigenvalue weighted by Gasteiger charge is 2.05. The predicted octanol–water partition coefficient (Wildman–Crippen LogP) is 2.66. The molecule has 0 radical (unpaired) electrons. The van der Waals surface area contributed by atoms with E-state index in [4.69, 9.17) is 4.42 Å². The van der Waals surface area contributed by atoms with Gasteiger partial charge in [-0.15, -0.1) is 0 Å². The number of aromatic nitrogens is 2. The van der Waals surface area contributed by atoms with Gasteiger partial charge in [0.1, 0.15) is 11.6 Å². The molecule has 0 aliphatic heterocycles. The summed E-state index contributed by atoms with van der Waals surface area (Å²) < 4.78 is 5.33. The summed E-state index contributed by atoms with van der Waals surface area (Å²) in [4.78, 5) is 7.97. The Morgan fingerprint density at radius 1 is 1.26 bits per heavy atom. The molecule has 4 heteroatoms. The highest BCUT2D eigenvalue weighted by molar-refractivity contribution is 5.75. The Labute approximate surface area is 111 Å². The zero-order valence-electron chi connectivity index (χ0n) is 10.9. The fraction of sp³-hybridized carbons (Fsp3) is 0.267. The Bertz CT molecular complexity index is 655. The number of nitrogens with one attached hydrogen (secondary N) is 2. The molecular formula is C15H17N3O. The van der Waals surface area contributed by atoms with E-state index in [9.17, 15) is 0 Å². The second-order valence-corrected chi connectivity index (χ2v) is 4.64. The van der Waals surface area contributed by atoms with Crippen LogP contribution in [0.25, 0.3) is 11.0 Å². The van der Waals surface area contributed by atoms with Gasteiger partial charge in [-0.05, 0) is 36.9 Å². The van der Waals surface area contributed by atoms with E-state index in [1.807, 2.05) is 19.2 Å². The molecule has 19 heavy (non-hydrogen) atoms. The molecule has 4 nitrogen and oxygen atoms in total. The molecule has 2 heterocycles. The second-order valence-electron chi connectivity index (χ2n) is 4.64. The van der Waals surface area contributed by atoms with E-state index in [1.165, 1.54) is 5.56 Å². The molecular weight excluding hydrogens is 238 g/mol. The second kappa shape index (κ2) is 5.28. The molecule has 0 bridgehead atoms. The Hall–Kier alpha value is -2.07.